The number of hydrazone groups is 1. The van der Waals surface area contributed by atoms with E-state index in [1.165, 1.54) is 22.4 Å². The topological polar surface area (TPSA) is 47.0 Å². The Kier molecular flexibility index (Phi) is 4.65. The number of pyridine rings is 1. The van der Waals surface area contributed by atoms with Crippen molar-refractivity contribution in [3.05, 3.63) is 90.3 Å². The molecule has 1 atom stereocenters. The minimum Gasteiger partial charge on any atom is -0.369 e. The van der Waals surface area contributed by atoms with Gasteiger partial charge in [0.05, 0.1) is 5.52 Å². The number of benzene rings is 2. The largest absolute Gasteiger partial charge is 0.369 e. The molecule has 0 aliphatic carbocycles. The van der Waals surface area contributed by atoms with Crippen molar-refractivity contribution < 1.29 is 0 Å². The number of aromatic nitrogens is 1. The molecule has 2 aromatic carbocycles. The Labute approximate surface area is 188 Å². The molecule has 0 saturated carbocycles. The second kappa shape index (κ2) is 7.80. The molecule has 0 amide bonds. The fourth-order valence-electron chi connectivity index (χ4n) is 4.68. The van der Waals surface area contributed by atoms with Crippen molar-refractivity contribution in [2.75, 3.05) is 38.1 Å². The Morgan fingerprint density at radius 2 is 1.75 bits per heavy atom. The molecule has 160 valence electrons. The summed E-state index contributed by atoms with van der Waals surface area (Å²) in [5.74, 6) is 0.927. The summed E-state index contributed by atoms with van der Waals surface area (Å²) in [5.41, 5.74) is 9.17. The molecule has 0 radical (unpaired) electrons. The molecule has 3 aromatic rings. The van der Waals surface area contributed by atoms with E-state index < -0.39 is 0 Å². The standard InChI is InChI=1S/C26H26N6/c1-30-14-16-31(17-15-30)21-8-6-19(7-9-21)20-11-13-32-25(18-20)28-29-26(32)23-10-12-27-24-5-3-2-4-22(23)24/h2-13,18,26,29H,14-17H2,1H3. The van der Waals surface area contributed by atoms with Gasteiger partial charge in [0.1, 0.15) is 6.17 Å². The van der Waals surface area contributed by atoms with Crippen LogP contribution in [-0.4, -0.2) is 53.8 Å². The van der Waals surface area contributed by atoms with Crippen LogP contribution in [0.25, 0.3) is 16.5 Å². The van der Waals surface area contributed by atoms with Gasteiger partial charge in [-0.1, -0.05) is 30.3 Å². The number of hydrogen-bond acceptors (Lipinski definition) is 6. The molecule has 0 spiro atoms. The Morgan fingerprint density at radius 3 is 2.59 bits per heavy atom. The highest BCUT2D eigenvalue weighted by Gasteiger charge is 2.29. The Balaban J connectivity index is 1.22. The highest BCUT2D eigenvalue weighted by Crippen LogP contribution is 2.33. The van der Waals surface area contributed by atoms with Gasteiger partial charge in [0, 0.05) is 55.2 Å². The molecule has 1 unspecified atom stereocenters. The van der Waals surface area contributed by atoms with E-state index in [0.29, 0.717) is 0 Å². The van der Waals surface area contributed by atoms with Gasteiger partial charge in [-0.3, -0.25) is 10.4 Å². The number of rotatable bonds is 3. The summed E-state index contributed by atoms with van der Waals surface area (Å²) in [5, 5.41) is 5.77. The van der Waals surface area contributed by atoms with Gasteiger partial charge in [-0.15, -0.1) is 0 Å². The maximum absolute atomic E-state index is 4.63. The molecule has 1 saturated heterocycles. The minimum atomic E-state index is -0.0356. The first-order valence-corrected chi connectivity index (χ1v) is 11.2. The average Bonchev–Trinajstić information content (AvgIpc) is 3.27. The second-order valence-corrected chi connectivity index (χ2v) is 8.58. The number of amidine groups is 1. The molecular weight excluding hydrogens is 396 g/mol. The summed E-state index contributed by atoms with van der Waals surface area (Å²) in [7, 11) is 2.19. The van der Waals surface area contributed by atoms with Crippen molar-refractivity contribution in [2.24, 2.45) is 5.10 Å². The molecule has 6 rings (SSSR count). The summed E-state index contributed by atoms with van der Waals surface area (Å²) in [4.78, 5) is 11.5. The van der Waals surface area contributed by atoms with Crippen molar-refractivity contribution in [2.45, 2.75) is 6.17 Å². The van der Waals surface area contributed by atoms with Crippen LogP contribution in [0.5, 0.6) is 0 Å². The number of hydrogen-bond donors (Lipinski definition) is 1. The molecule has 1 N–H and O–H groups in total. The van der Waals surface area contributed by atoms with Gasteiger partial charge in [-0.25, -0.2) is 0 Å². The van der Waals surface area contributed by atoms with Gasteiger partial charge < -0.3 is 14.7 Å². The normalized spacial score (nSPS) is 20.7. The van der Waals surface area contributed by atoms with E-state index in [-0.39, 0.29) is 6.17 Å². The number of piperazine rings is 1. The number of para-hydroxylation sites is 1. The fourth-order valence-corrected chi connectivity index (χ4v) is 4.68. The molecule has 0 bridgehead atoms. The van der Waals surface area contributed by atoms with E-state index in [0.717, 1.165) is 42.9 Å². The Morgan fingerprint density at radius 1 is 0.938 bits per heavy atom. The number of allylic oxidation sites excluding steroid dienone is 2. The lowest BCUT2D eigenvalue weighted by Crippen LogP contribution is -2.44. The number of likely N-dealkylation sites (N-methyl/N-ethyl adjacent to an activating group) is 1. The molecule has 4 heterocycles. The summed E-state index contributed by atoms with van der Waals surface area (Å²) in [6.07, 6.45) is 8.29. The molecule has 1 fully saturated rings. The maximum Gasteiger partial charge on any atom is 0.155 e. The van der Waals surface area contributed by atoms with E-state index in [1.54, 1.807) is 0 Å². The molecule has 3 aliphatic rings. The Bertz CT molecular complexity index is 1230. The SMILES string of the molecule is CN1CCN(c2ccc(C3=CC4=NNC(c5ccnc6ccccc56)N4C=C3)cc2)CC1. The zero-order chi connectivity index (χ0) is 21.5. The van der Waals surface area contributed by atoms with Gasteiger partial charge in [0.15, 0.2) is 5.84 Å². The highest BCUT2D eigenvalue weighted by molar-refractivity contribution is 6.04. The van der Waals surface area contributed by atoms with Crippen molar-refractivity contribution >= 4 is 28.0 Å². The monoisotopic (exact) mass is 422 g/mol. The van der Waals surface area contributed by atoms with Crippen molar-refractivity contribution in [1.82, 2.24) is 20.2 Å². The summed E-state index contributed by atoms with van der Waals surface area (Å²) in [6, 6.07) is 19.2. The van der Waals surface area contributed by atoms with E-state index in [9.17, 15) is 0 Å². The van der Waals surface area contributed by atoms with Gasteiger partial charge in [0.25, 0.3) is 0 Å². The lowest BCUT2D eigenvalue weighted by atomic mass is 10.0. The van der Waals surface area contributed by atoms with Crippen LogP contribution in [0.15, 0.2) is 84.2 Å². The first-order chi connectivity index (χ1) is 15.8. The van der Waals surface area contributed by atoms with Crippen molar-refractivity contribution in [1.29, 1.82) is 0 Å². The number of nitrogens with zero attached hydrogens (tertiary/aromatic N) is 5. The first kappa shape index (κ1) is 19.1. The highest BCUT2D eigenvalue weighted by atomic mass is 15.5. The van der Waals surface area contributed by atoms with Crippen LogP contribution in [0, 0.1) is 0 Å². The third kappa shape index (κ3) is 3.33. The van der Waals surface area contributed by atoms with Crippen LogP contribution >= 0.6 is 0 Å². The van der Waals surface area contributed by atoms with Gasteiger partial charge >= 0.3 is 0 Å². The van der Waals surface area contributed by atoms with E-state index >= 15 is 0 Å². The van der Waals surface area contributed by atoms with Crippen LogP contribution in [-0.2, 0) is 0 Å². The van der Waals surface area contributed by atoms with Gasteiger partial charge in [-0.2, -0.15) is 5.10 Å². The van der Waals surface area contributed by atoms with E-state index in [2.05, 4.69) is 98.1 Å². The third-order valence-electron chi connectivity index (χ3n) is 6.59. The lowest BCUT2D eigenvalue weighted by molar-refractivity contribution is 0.313. The fraction of sp³-hybridized carbons (Fsp3) is 0.231. The molecular formula is C26H26N6. The molecule has 32 heavy (non-hydrogen) atoms. The van der Waals surface area contributed by atoms with Gasteiger partial charge in [-0.05, 0) is 54.6 Å². The van der Waals surface area contributed by atoms with Crippen LogP contribution in [0.1, 0.15) is 17.3 Å². The maximum atomic E-state index is 4.63. The number of fused-ring (bicyclic) bond motifs is 2. The van der Waals surface area contributed by atoms with Crippen LogP contribution in [0.2, 0.25) is 0 Å². The second-order valence-electron chi connectivity index (χ2n) is 8.58. The van der Waals surface area contributed by atoms with E-state index in [1.807, 2.05) is 18.3 Å². The molecule has 3 aliphatic heterocycles. The molecule has 6 nitrogen and oxygen atoms in total. The summed E-state index contributed by atoms with van der Waals surface area (Å²) < 4.78 is 0. The molecule has 6 heteroatoms. The number of nitrogens with one attached hydrogen (secondary N) is 1. The lowest BCUT2D eigenvalue weighted by Gasteiger charge is -2.34. The first-order valence-electron chi connectivity index (χ1n) is 11.2. The van der Waals surface area contributed by atoms with Crippen molar-refractivity contribution in [3.63, 3.8) is 0 Å². The zero-order valence-corrected chi connectivity index (χ0v) is 18.1. The number of anilines is 1. The summed E-state index contributed by atoms with van der Waals surface area (Å²) >= 11 is 0. The van der Waals surface area contributed by atoms with Crippen molar-refractivity contribution in [3.8, 4) is 0 Å². The third-order valence-corrected chi connectivity index (χ3v) is 6.59. The van der Waals surface area contributed by atoms with Gasteiger partial charge in [0.2, 0.25) is 0 Å². The van der Waals surface area contributed by atoms with Crippen LogP contribution < -0.4 is 10.3 Å². The molecule has 1 aromatic heterocycles. The average molecular weight is 423 g/mol. The van der Waals surface area contributed by atoms with Crippen LogP contribution in [0.4, 0.5) is 5.69 Å². The predicted molar refractivity (Wildman–Crippen MR) is 130 cm³/mol. The summed E-state index contributed by atoms with van der Waals surface area (Å²) in [6.45, 7) is 4.40. The smallest absolute Gasteiger partial charge is 0.155 e. The predicted octanol–water partition coefficient (Wildman–Crippen LogP) is 3.81. The van der Waals surface area contributed by atoms with Crippen LogP contribution in [0.3, 0.4) is 0 Å². The Hall–Kier alpha value is -3.64. The minimum absolute atomic E-state index is 0.0356. The zero-order valence-electron chi connectivity index (χ0n) is 18.1. The van der Waals surface area contributed by atoms with E-state index in [4.69, 9.17) is 0 Å². The quantitative estimate of drug-likeness (QED) is 0.696.